The lowest BCUT2D eigenvalue weighted by Gasteiger charge is -2.38. The molecule has 2 heteroatoms. The third-order valence-electron chi connectivity index (χ3n) is 3.96. The maximum atomic E-state index is 12.8. The Kier molecular flexibility index (Phi) is 2.98. The molecule has 1 fully saturated rings. The Morgan fingerprint density at radius 1 is 0.941 bits per heavy atom. The molecule has 0 spiro atoms. The van der Waals surface area contributed by atoms with Crippen LogP contribution in [-0.4, -0.2) is 12.1 Å². The van der Waals surface area contributed by atoms with E-state index in [4.69, 9.17) is 0 Å². The fraction of sp³-hybridized carbons (Fsp3) is 0.467. The standard InChI is InChI=1S/C15H18FN/c16-13-7-5-11(6-8-13)12-9-15(10-12)17-14-3-1-2-4-14/h1-2,5-8,12,14-15,17H,3-4,9-10H2. The average Bonchev–Trinajstić information content (AvgIpc) is 2.77. The zero-order valence-electron chi connectivity index (χ0n) is 9.90. The van der Waals surface area contributed by atoms with Crippen molar-refractivity contribution < 1.29 is 4.39 Å². The van der Waals surface area contributed by atoms with E-state index in [1.54, 1.807) is 12.1 Å². The first-order chi connectivity index (χ1) is 8.31. The van der Waals surface area contributed by atoms with Crippen molar-refractivity contribution in [3.05, 3.63) is 47.8 Å². The van der Waals surface area contributed by atoms with E-state index in [0.717, 1.165) is 0 Å². The van der Waals surface area contributed by atoms with Crippen LogP contribution < -0.4 is 5.32 Å². The summed E-state index contributed by atoms with van der Waals surface area (Å²) in [5.74, 6) is 0.488. The summed E-state index contributed by atoms with van der Waals surface area (Å²) in [6.07, 6.45) is 9.27. The smallest absolute Gasteiger partial charge is 0.123 e. The fourth-order valence-electron chi connectivity index (χ4n) is 2.85. The Morgan fingerprint density at radius 3 is 2.24 bits per heavy atom. The summed E-state index contributed by atoms with van der Waals surface area (Å²) < 4.78 is 12.8. The van der Waals surface area contributed by atoms with Crippen molar-refractivity contribution in [2.45, 2.75) is 43.7 Å². The van der Waals surface area contributed by atoms with Gasteiger partial charge in [-0.25, -0.2) is 4.39 Å². The lowest BCUT2D eigenvalue weighted by molar-refractivity contribution is 0.267. The van der Waals surface area contributed by atoms with Crippen molar-refractivity contribution in [3.8, 4) is 0 Å². The van der Waals surface area contributed by atoms with E-state index in [-0.39, 0.29) is 5.82 Å². The number of rotatable bonds is 3. The average molecular weight is 231 g/mol. The van der Waals surface area contributed by atoms with Crippen molar-refractivity contribution in [2.24, 2.45) is 0 Å². The van der Waals surface area contributed by atoms with E-state index < -0.39 is 0 Å². The van der Waals surface area contributed by atoms with E-state index >= 15 is 0 Å². The van der Waals surface area contributed by atoms with Crippen LogP contribution in [0.3, 0.4) is 0 Å². The lowest BCUT2D eigenvalue weighted by Crippen LogP contribution is -2.44. The van der Waals surface area contributed by atoms with Crippen LogP contribution in [0.2, 0.25) is 0 Å². The van der Waals surface area contributed by atoms with E-state index in [1.165, 1.54) is 31.2 Å². The van der Waals surface area contributed by atoms with Gasteiger partial charge in [0.1, 0.15) is 5.82 Å². The summed E-state index contributed by atoms with van der Waals surface area (Å²) in [5, 5.41) is 3.69. The van der Waals surface area contributed by atoms with Gasteiger partial charge >= 0.3 is 0 Å². The van der Waals surface area contributed by atoms with E-state index in [1.807, 2.05) is 12.1 Å². The molecule has 0 aliphatic heterocycles. The molecule has 90 valence electrons. The van der Waals surface area contributed by atoms with Gasteiger partial charge in [-0.3, -0.25) is 0 Å². The number of nitrogens with one attached hydrogen (secondary N) is 1. The van der Waals surface area contributed by atoms with Crippen LogP contribution in [0.25, 0.3) is 0 Å². The SMILES string of the molecule is Fc1ccc(C2CC(NC3CC=CC3)C2)cc1. The van der Waals surface area contributed by atoms with Gasteiger partial charge in [0.25, 0.3) is 0 Å². The maximum absolute atomic E-state index is 12.8. The first-order valence-corrected chi connectivity index (χ1v) is 6.48. The molecule has 0 unspecified atom stereocenters. The second kappa shape index (κ2) is 4.61. The normalized spacial score (nSPS) is 28.3. The summed E-state index contributed by atoms with van der Waals surface area (Å²) >= 11 is 0. The maximum Gasteiger partial charge on any atom is 0.123 e. The Hall–Kier alpha value is -1.15. The number of halogens is 1. The molecular formula is C15H18FN. The van der Waals surface area contributed by atoms with Crippen LogP contribution in [0.1, 0.15) is 37.2 Å². The summed E-state index contributed by atoms with van der Waals surface area (Å²) in [6.45, 7) is 0. The predicted molar refractivity (Wildman–Crippen MR) is 67.5 cm³/mol. The van der Waals surface area contributed by atoms with E-state index in [2.05, 4.69) is 17.5 Å². The van der Waals surface area contributed by atoms with Crippen LogP contribution in [0.4, 0.5) is 4.39 Å². The fourth-order valence-corrected chi connectivity index (χ4v) is 2.85. The molecule has 1 N–H and O–H groups in total. The van der Waals surface area contributed by atoms with E-state index in [0.29, 0.717) is 18.0 Å². The quantitative estimate of drug-likeness (QED) is 0.786. The van der Waals surface area contributed by atoms with Gasteiger partial charge in [-0.15, -0.1) is 0 Å². The molecule has 1 nitrogen and oxygen atoms in total. The largest absolute Gasteiger partial charge is 0.311 e. The minimum Gasteiger partial charge on any atom is -0.311 e. The molecule has 17 heavy (non-hydrogen) atoms. The molecule has 0 heterocycles. The van der Waals surface area contributed by atoms with Crippen LogP contribution in [0.5, 0.6) is 0 Å². The van der Waals surface area contributed by atoms with Crippen molar-refractivity contribution in [1.82, 2.24) is 5.32 Å². The van der Waals surface area contributed by atoms with Gasteiger partial charge in [0.05, 0.1) is 0 Å². The number of hydrogen-bond donors (Lipinski definition) is 1. The zero-order valence-corrected chi connectivity index (χ0v) is 9.90. The molecule has 0 aromatic heterocycles. The lowest BCUT2D eigenvalue weighted by atomic mass is 9.75. The highest BCUT2D eigenvalue weighted by atomic mass is 19.1. The first kappa shape index (κ1) is 11.0. The second-order valence-electron chi connectivity index (χ2n) is 5.22. The van der Waals surface area contributed by atoms with Gasteiger partial charge in [0.15, 0.2) is 0 Å². The Bertz CT molecular complexity index is 395. The molecule has 2 aliphatic carbocycles. The molecular weight excluding hydrogens is 213 g/mol. The van der Waals surface area contributed by atoms with Crippen molar-refractivity contribution in [2.75, 3.05) is 0 Å². The monoisotopic (exact) mass is 231 g/mol. The number of benzene rings is 1. The summed E-state index contributed by atoms with van der Waals surface area (Å²) in [6, 6.07) is 8.30. The zero-order chi connectivity index (χ0) is 11.7. The second-order valence-corrected chi connectivity index (χ2v) is 5.22. The molecule has 0 amide bonds. The third-order valence-corrected chi connectivity index (χ3v) is 3.96. The minimum atomic E-state index is -0.139. The highest BCUT2D eigenvalue weighted by Crippen LogP contribution is 2.37. The summed E-state index contributed by atoms with van der Waals surface area (Å²) in [4.78, 5) is 0. The van der Waals surface area contributed by atoms with Gasteiger partial charge in [-0.1, -0.05) is 24.3 Å². The number of hydrogen-bond acceptors (Lipinski definition) is 1. The molecule has 1 aromatic carbocycles. The summed E-state index contributed by atoms with van der Waals surface area (Å²) in [7, 11) is 0. The van der Waals surface area contributed by atoms with Crippen LogP contribution in [0, 0.1) is 5.82 Å². The van der Waals surface area contributed by atoms with E-state index in [9.17, 15) is 4.39 Å². The molecule has 2 aliphatic rings. The Morgan fingerprint density at radius 2 is 1.59 bits per heavy atom. The van der Waals surface area contributed by atoms with Crippen LogP contribution >= 0.6 is 0 Å². The van der Waals surface area contributed by atoms with Crippen LogP contribution in [-0.2, 0) is 0 Å². The Balaban J connectivity index is 1.49. The summed E-state index contributed by atoms with van der Waals surface area (Å²) in [5.41, 5.74) is 1.29. The molecule has 3 rings (SSSR count). The Labute approximate surface area is 102 Å². The van der Waals surface area contributed by atoms with Crippen molar-refractivity contribution in [1.29, 1.82) is 0 Å². The van der Waals surface area contributed by atoms with Crippen molar-refractivity contribution >= 4 is 0 Å². The first-order valence-electron chi connectivity index (χ1n) is 6.48. The van der Waals surface area contributed by atoms with Crippen molar-refractivity contribution in [3.63, 3.8) is 0 Å². The van der Waals surface area contributed by atoms with Gasteiger partial charge in [0.2, 0.25) is 0 Å². The molecule has 0 radical (unpaired) electrons. The third kappa shape index (κ3) is 2.42. The van der Waals surface area contributed by atoms with Gasteiger partial charge in [-0.2, -0.15) is 0 Å². The molecule has 0 atom stereocenters. The molecule has 0 saturated heterocycles. The molecule has 0 bridgehead atoms. The van der Waals surface area contributed by atoms with Gasteiger partial charge < -0.3 is 5.32 Å². The van der Waals surface area contributed by atoms with Crippen LogP contribution in [0.15, 0.2) is 36.4 Å². The molecule has 1 saturated carbocycles. The molecule has 1 aromatic rings. The topological polar surface area (TPSA) is 12.0 Å². The predicted octanol–water partition coefficient (Wildman–Crippen LogP) is 3.38. The van der Waals surface area contributed by atoms with Gasteiger partial charge in [0, 0.05) is 12.1 Å². The minimum absolute atomic E-state index is 0.139. The van der Waals surface area contributed by atoms with Gasteiger partial charge in [-0.05, 0) is 49.3 Å². The highest BCUT2D eigenvalue weighted by molar-refractivity contribution is 5.23. The highest BCUT2D eigenvalue weighted by Gasteiger charge is 2.31.